The fourth-order valence-corrected chi connectivity index (χ4v) is 7.11. The zero-order valence-electron chi connectivity index (χ0n) is 11.5. The summed E-state index contributed by atoms with van der Waals surface area (Å²) >= 11 is 0. The van der Waals surface area contributed by atoms with E-state index in [1.54, 1.807) is 0 Å². The molecule has 0 radical (unpaired) electrons. The van der Waals surface area contributed by atoms with Crippen LogP contribution >= 0.6 is 10.7 Å². The van der Waals surface area contributed by atoms with Crippen LogP contribution < -0.4 is 0 Å². The van der Waals surface area contributed by atoms with Gasteiger partial charge in [-0.2, -0.15) is 13.9 Å². The third kappa shape index (κ3) is 3.76. The Labute approximate surface area is 117 Å². The maximum atomic E-state index is 12.4. The van der Waals surface area contributed by atoms with Crippen molar-refractivity contribution < 1.29 is 13.0 Å². The van der Waals surface area contributed by atoms with Crippen LogP contribution in [0, 0.1) is 0 Å². The summed E-state index contributed by atoms with van der Waals surface area (Å²) in [6, 6.07) is 0. The molecule has 1 aromatic rings. The molecule has 1 atom stereocenters. The monoisotopic (exact) mass is 329 g/mol. The number of aromatic nitrogens is 2. The summed E-state index contributed by atoms with van der Waals surface area (Å²) < 4.78 is 42.0. The first-order valence-electron chi connectivity index (χ1n) is 5.67. The van der Waals surface area contributed by atoms with Gasteiger partial charge < -0.3 is 0 Å². The lowest BCUT2D eigenvalue weighted by Crippen LogP contribution is -2.35. The molecule has 4 nitrogen and oxygen atoms in total. The summed E-state index contributed by atoms with van der Waals surface area (Å²) in [5.41, 5.74) is 0. The van der Waals surface area contributed by atoms with E-state index in [4.69, 9.17) is 10.7 Å². The average Bonchev–Trinajstić information content (AvgIpc) is 2.62. The molecule has 0 saturated carbocycles. The van der Waals surface area contributed by atoms with E-state index in [0.29, 0.717) is 4.68 Å². The van der Waals surface area contributed by atoms with Gasteiger partial charge in [0.1, 0.15) is 0 Å². The summed E-state index contributed by atoms with van der Waals surface area (Å²) in [6.07, 6.45) is 2.06. The quantitative estimate of drug-likeness (QED) is 0.614. The van der Waals surface area contributed by atoms with Crippen LogP contribution in [-0.4, -0.2) is 22.2 Å². The number of alkyl halides is 2. The molecule has 110 valence electrons. The van der Waals surface area contributed by atoms with Gasteiger partial charge in [0.15, 0.2) is 17.2 Å². The van der Waals surface area contributed by atoms with Crippen molar-refractivity contribution in [2.45, 2.75) is 50.3 Å². The second-order valence-corrected chi connectivity index (χ2v) is 13.8. The van der Waals surface area contributed by atoms with Gasteiger partial charge in [0.25, 0.3) is 0 Å². The molecular weight excluding hydrogens is 312 g/mol. The molecule has 0 N–H and O–H groups in total. The van der Waals surface area contributed by atoms with Crippen molar-refractivity contribution in [3.8, 4) is 0 Å². The molecule has 0 fully saturated rings. The van der Waals surface area contributed by atoms with Gasteiger partial charge in [-0.15, -0.1) is 0 Å². The van der Waals surface area contributed by atoms with Crippen molar-refractivity contribution in [1.82, 2.24) is 9.78 Å². The van der Waals surface area contributed by atoms with Crippen LogP contribution in [-0.2, 0) is 8.94 Å². The lowest BCUT2D eigenvalue weighted by molar-refractivity contribution is 0.0564. The van der Waals surface area contributed by atoms with E-state index in [1.807, 2.05) is 33.9 Å². The van der Waals surface area contributed by atoms with Gasteiger partial charge in [-0.25, -0.2) is 8.89 Å². The van der Waals surface area contributed by atoms with Crippen molar-refractivity contribution in [2.75, 3.05) is 0 Å². The Morgan fingerprint density at radius 3 is 2.37 bits per heavy atom. The molecule has 0 aromatic carbocycles. The van der Waals surface area contributed by atoms with Crippen molar-refractivity contribution in [2.24, 2.45) is 4.03 Å². The Morgan fingerprint density at radius 2 is 2.00 bits per heavy atom. The highest BCUT2D eigenvalue weighted by Gasteiger charge is 2.37. The number of halogens is 3. The standard InChI is InChI=1S/C10H18ClF2N3OSSi/c1-10(2,3)19(4,5)15-18(11,17)8-6-14-16(7-8)9(12)13/h6-7,9H,1-5H3. The molecule has 0 bridgehead atoms. The van der Waals surface area contributed by atoms with Crippen LogP contribution in [0.4, 0.5) is 8.78 Å². The minimum absolute atomic E-state index is 0.0271. The Bertz CT molecular complexity index is 574. The summed E-state index contributed by atoms with van der Waals surface area (Å²) in [4.78, 5) is 0.0271. The SMILES string of the molecule is CC(C)(C)[Si](C)(C)N=S(=O)(Cl)c1cnn(C(F)F)c1. The van der Waals surface area contributed by atoms with Crippen molar-refractivity contribution in [1.29, 1.82) is 0 Å². The first-order chi connectivity index (χ1) is 8.37. The predicted molar refractivity (Wildman–Crippen MR) is 75.4 cm³/mol. The zero-order valence-corrected chi connectivity index (χ0v) is 14.1. The van der Waals surface area contributed by atoms with Crippen LogP contribution in [0.15, 0.2) is 21.3 Å². The summed E-state index contributed by atoms with van der Waals surface area (Å²) in [5, 5.41) is 3.30. The smallest absolute Gasteiger partial charge is 0.261 e. The summed E-state index contributed by atoms with van der Waals surface area (Å²) in [5.74, 6) is 0. The summed E-state index contributed by atoms with van der Waals surface area (Å²) in [6.45, 7) is 7.08. The fraction of sp³-hybridized carbons (Fsp3) is 0.700. The van der Waals surface area contributed by atoms with Gasteiger partial charge in [-0.05, 0) is 18.1 Å². The highest BCUT2D eigenvalue weighted by molar-refractivity contribution is 8.16. The molecule has 0 saturated heterocycles. The van der Waals surface area contributed by atoms with Gasteiger partial charge in [0.2, 0.25) is 0 Å². The van der Waals surface area contributed by atoms with Crippen molar-refractivity contribution >= 4 is 27.9 Å². The third-order valence-corrected chi connectivity index (χ3v) is 11.6. The topological polar surface area (TPSA) is 47.2 Å². The highest BCUT2D eigenvalue weighted by Crippen LogP contribution is 2.38. The number of hydrogen-bond donors (Lipinski definition) is 0. The van der Waals surface area contributed by atoms with E-state index >= 15 is 0 Å². The molecule has 0 aliphatic carbocycles. The van der Waals surface area contributed by atoms with Gasteiger partial charge in [0.05, 0.1) is 11.1 Å². The lowest BCUT2D eigenvalue weighted by Gasteiger charge is -2.32. The largest absolute Gasteiger partial charge is 0.333 e. The third-order valence-electron chi connectivity index (χ3n) is 3.25. The maximum absolute atomic E-state index is 12.4. The Balaban J connectivity index is 3.27. The molecule has 1 unspecified atom stereocenters. The van der Waals surface area contributed by atoms with Crippen LogP contribution in [0.3, 0.4) is 0 Å². The molecular formula is C10H18ClF2N3OSSi. The van der Waals surface area contributed by atoms with E-state index in [-0.39, 0.29) is 9.93 Å². The minimum atomic E-state index is -3.22. The molecule has 0 aliphatic rings. The molecule has 0 spiro atoms. The number of rotatable bonds is 3. The van der Waals surface area contributed by atoms with Gasteiger partial charge in [-0.1, -0.05) is 20.8 Å². The fourth-order valence-electron chi connectivity index (χ4n) is 1.04. The van der Waals surface area contributed by atoms with Crippen LogP contribution in [0.5, 0.6) is 0 Å². The molecule has 19 heavy (non-hydrogen) atoms. The highest BCUT2D eigenvalue weighted by atomic mass is 35.7. The Hall–Kier alpha value is -0.473. The predicted octanol–water partition coefficient (Wildman–Crippen LogP) is 4.26. The van der Waals surface area contributed by atoms with Gasteiger partial charge in [0, 0.05) is 16.9 Å². The minimum Gasteiger partial charge on any atom is -0.261 e. The normalized spacial score (nSPS) is 16.5. The van der Waals surface area contributed by atoms with Crippen LogP contribution in [0.25, 0.3) is 0 Å². The van der Waals surface area contributed by atoms with Crippen molar-refractivity contribution in [3.63, 3.8) is 0 Å². The Morgan fingerprint density at radius 1 is 1.47 bits per heavy atom. The van der Waals surface area contributed by atoms with Gasteiger partial charge >= 0.3 is 6.55 Å². The van der Waals surface area contributed by atoms with E-state index in [1.165, 1.54) is 0 Å². The second-order valence-electron chi connectivity index (χ2n) is 5.79. The molecule has 0 aliphatic heterocycles. The lowest BCUT2D eigenvalue weighted by atomic mass is 10.2. The van der Waals surface area contributed by atoms with E-state index < -0.39 is 23.7 Å². The molecule has 9 heteroatoms. The van der Waals surface area contributed by atoms with Crippen LogP contribution in [0.1, 0.15) is 27.3 Å². The second kappa shape index (κ2) is 5.14. The van der Waals surface area contributed by atoms with E-state index in [2.05, 4.69) is 9.13 Å². The van der Waals surface area contributed by atoms with Gasteiger partial charge in [-0.3, -0.25) is 4.03 Å². The number of nitrogens with zero attached hydrogens (tertiary/aromatic N) is 3. The molecule has 1 rings (SSSR count). The molecule has 0 amide bonds. The van der Waals surface area contributed by atoms with Crippen molar-refractivity contribution in [3.05, 3.63) is 12.4 Å². The molecule has 1 aromatic heterocycles. The zero-order chi connectivity index (χ0) is 15.1. The maximum Gasteiger partial charge on any atom is 0.333 e. The van der Waals surface area contributed by atoms with E-state index in [9.17, 15) is 13.0 Å². The van der Waals surface area contributed by atoms with Crippen LogP contribution in [0.2, 0.25) is 18.1 Å². The molecule has 1 heterocycles. The first kappa shape index (κ1) is 16.6. The summed E-state index contributed by atoms with van der Waals surface area (Å²) in [7, 11) is 0.498. The Kier molecular flexibility index (Phi) is 4.48. The first-order valence-corrected chi connectivity index (χ1v) is 11.0. The van der Waals surface area contributed by atoms with E-state index in [0.717, 1.165) is 12.4 Å². The number of hydrogen-bond acceptors (Lipinski definition) is 3. The average molecular weight is 330 g/mol.